The van der Waals surface area contributed by atoms with Gasteiger partial charge < -0.3 is 19.9 Å². The van der Waals surface area contributed by atoms with Crippen molar-refractivity contribution < 1.29 is 29.1 Å². The Morgan fingerprint density at radius 3 is 2.64 bits per heavy atom. The Morgan fingerprint density at radius 2 is 2.08 bits per heavy atom. The highest BCUT2D eigenvalue weighted by molar-refractivity contribution is 5.94. The molecule has 3 atom stereocenters. The maximum absolute atomic E-state index is 12.3. The molecule has 0 amide bonds. The minimum Gasteiger partial charge on any atom is -0.466 e. The van der Waals surface area contributed by atoms with Crippen molar-refractivity contribution in [2.24, 2.45) is 5.92 Å². The normalized spacial score (nSPS) is 28.0. The highest BCUT2D eigenvalue weighted by atomic mass is 16.6. The Bertz CT molecular complexity index is 786. The summed E-state index contributed by atoms with van der Waals surface area (Å²) in [5.41, 5.74) is -0.793. The van der Waals surface area contributed by atoms with Crippen LogP contribution in [0, 0.1) is 16.0 Å². The van der Waals surface area contributed by atoms with Crippen LogP contribution in [0.1, 0.15) is 18.4 Å². The number of rotatable bonds is 3. The van der Waals surface area contributed by atoms with E-state index in [9.17, 15) is 24.8 Å². The molecule has 1 saturated heterocycles. The molecular weight excluding hydrogens is 332 g/mol. The monoisotopic (exact) mass is 348 g/mol. The Hall–Kier alpha value is -2.94. The second-order valence-corrected chi connectivity index (χ2v) is 5.99. The van der Waals surface area contributed by atoms with Crippen molar-refractivity contribution in [2.75, 3.05) is 13.7 Å². The van der Waals surface area contributed by atoms with Gasteiger partial charge in [-0.25, -0.2) is 4.79 Å². The summed E-state index contributed by atoms with van der Waals surface area (Å²) in [5, 5.41) is 24.4. The third-order valence-corrected chi connectivity index (χ3v) is 4.52. The molecule has 1 aromatic rings. The van der Waals surface area contributed by atoms with Crippen molar-refractivity contribution in [1.29, 1.82) is 0 Å². The molecule has 1 aromatic carbocycles. The molecule has 1 fully saturated rings. The number of non-ortho nitro benzene ring substituents is 1. The fraction of sp³-hybridized carbons (Fsp3) is 0.375. The van der Waals surface area contributed by atoms with Crippen LogP contribution in [-0.4, -0.2) is 41.4 Å². The Kier molecular flexibility index (Phi) is 3.96. The number of nitrogens with zero attached hydrogens (tertiary/aromatic N) is 1. The van der Waals surface area contributed by atoms with E-state index in [4.69, 9.17) is 9.47 Å². The van der Waals surface area contributed by atoms with Gasteiger partial charge in [0, 0.05) is 23.7 Å². The molecule has 0 aromatic heterocycles. The largest absolute Gasteiger partial charge is 0.466 e. The molecule has 0 saturated carbocycles. The first-order valence-electron chi connectivity index (χ1n) is 7.49. The van der Waals surface area contributed by atoms with Crippen LogP contribution in [0.15, 0.2) is 35.5 Å². The number of carbonyl (C=O) groups excluding carboxylic acids is 2. The zero-order valence-electron chi connectivity index (χ0n) is 13.5. The van der Waals surface area contributed by atoms with Crippen LogP contribution in [0.25, 0.3) is 0 Å². The first kappa shape index (κ1) is 16.9. The van der Waals surface area contributed by atoms with Crippen molar-refractivity contribution >= 4 is 17.6 Å². The summed E-state index contributed by atoms with van der Waals surface area (Å²) in [6, 6.07) is 5.47. The lowest BCUT2D eigenvalue weighted by Gasteiger charge is -2.39. The zero-order valence-corrected chi connectivity index (χ0v) is 13.5. The first-order chi connectivity index (χ1) is 11.8. The van der Waals surface area contributed by atoms with E-state index in [-0.39, 0.29) is 17.9 Å². The lowest BCUT2D eigenvalue weighted by molar-refractivity contribution is -0.384. The van der Waals surface area contributed by atoms with E-state index in [1.165, 1.54) is 31.4 Å². The van der Waals surface area contributed by atoms with Gasteiger partial charge in [-0.1, -0.05) is 12.1 Å². The van der Waals surface area contributed by atoms with Gasteiger partial charge in [-0.15, -0.1) is 0 Å². The summed E-state index contributed by atoms with van der Waals surface area (Å²) in [4.78, 5) is 34.8. The molecule has 2 aliphatic rings. The molecule has 2 heterocycles. The lowest BCUT2D eigenvalue weighted by atomic mass is 9.73. The number of nitro benzene ring substituents is 1. The van der Waals surface area contributed by atoms with E-state index in [2.05, 4.69) is 5.32 Å². The number of methoxy groups -OCH3 is 1. The van der Waals surface area contributed by atoms with Crippen LogP contribution in [-0.2, 0) is 19.1 Å². The van der Waals surface area contributed by atoms with Crippen molar-refractivity contribution in [1.82, 2.24) is 5.32 Å². The first-order valence-corrected chi connectivity index (χ1v) is 7.49. The smallest absolute Gasteiger partial charge is 0.336 e. The van der Waals surface area contributed by atoms with Crippen LogP contribution in [0.2, 0.25) is 0 Å². The Balaban J connectivity index is 2.15. The number of aliphatic hydroxyl groups is 1. The zero-order chi connectivity index (χ0) is 18.4. The average molecular weight is 348 g/mol. The summed E-state index contributed by atoms with van der Waals surface area (Å²) in [7, 11) is 1.21. The van der Waals surface area contributed by atoms with Gasteiger partial charge in [-0.2, -0.15) is 0 Å². The number of nitro groups is 1. The van der Waals surface area contributed by atoms with Crippen molar-refractivity contribution in [2.45, 2.75) is 18.6 Å². The molecule has 0 unspecified atom stereocenters. The summed E-state index contributed by atoms with van der Waals surface area (Å²) >= 11 is 0. The molecule has 132 valence electrons. The molecule has 2 aliphatic heterocycles. The van der Waals surface area contributed by atoms with E-state index >= 15 is 0 Å². The Morgan fingerprint density at radius 1 is 1.44 bits per heavy atom. The second kappa shape index (κ2) is 5.85. The summed E-state index contributed by atoms with van der Waals surface area (Å²) in [6.07, 6.45) is 0. The molecule has 0 bridgehead atoms. The number of carbonyl (C=O) groups is 2. The molecular formula is C16H16N2O7. The van der Waals surface area contributed by atoms with Gasteiger partial charge >= 0.3 is 11.9 Å². The third-order valence-electron chi connectivity index (χ3n) is 4.52. The molecule has 25 heavy (non-hydrogen) atoms. The number of hydrogen-bond donors (Lipinski definition) is 2. The number of esters is 2. The van der Waals surface area contributed by atoms with Crippen LogP contribution >= 0.6 is 0 Å². The molecule has 0 spiro atoms. The molecule has 0 aliphatic carbocycles. The second-order valence-electron chi connectivity index (χ2n) is 5.99. The quantitative estimate of drug-likeness (QED) is 0.461. The summed E-state index contributed by atoms with van der Waals surface area (Å²) in [6.45, 7) is 1.33. The molecule has 9 nitrogen and oxygen atoms in total. The molecule has 9 heteroatoms. The SMILES string of the molecule is COC(=O)C1=C(C)N[C@@]2(O)COC(=O)[C@H]2[C@@H]1c1ccc([N+](=O)[O-])cc1. The number of hydrogen-bond acceptors (Lipinski definition) is 8. The van der Waals surface area contributed by atoms with Crippen LogP contribution in [0.5, 0.6) is 0 Å². The number of cyclic esters (lactones) is 1. The number of ether oxygens (including phenoxy) is 2. The molecule has 3 rings (SSSR count). The highest BCUT2D eigenvalue weighted by Gasteiger charge is 2.58. The average Bonchev–Trinajstić information content (AvgIpc) is 2.87. The van der Waals surface area contributed by atoms with Gasteiger partial charge in [-0.05, 0) is 12.5 Å². The van der Waals surface area contributed by atoms with Crippen LogP contribution < -0.4 is 5.32 Å². The highest BCUT2D eigenvalue weighted by Crippen LogP contribution is 2.46. The lowest BCUT2D eigenvalue weighted by Crippen LogP contribution is -2.57. The minimum atomic E-state index is -1.66. The number of nitrogens with one attached hydrogen (secondary N) is 1. The Labute approximate surface area is 142 Å². The molecule has 0 radical (unpaired) electrons. The van der Waals surface area contributed by atoms with Gasteiger partial charge in [0.2, 0.25) is 0 Å². The third kappa shape index (κ3) is 2.62. The summed E-state index contributed by atoms with van der Waals surface area (Å²) < 4.78 is 9.80. The summed E-state index contributed by atoms with van der Waals surface area (Å²) in [5.74, 6) is -3.25. The van der Waals surface area contributed by atoms with Gasteiger partial charge in [0.05, 0.1) is 17.6 Å². The predicted molar refractivity (Wildman–Crippen MR) is 83.1 cm³/mol. The van der Waals surface area contributed by atoms with E-state index in [0.29, 0.717) is 11.3 Å². The fourth-order valence-electron chi connectivity index (χ4n) is 3.43. The van der Waals surface area contributed by atoms with E-state index < -0.39 is 34.4 Å². The molecule has 2 N–H and O–H groups in total. The minimum absolute atomic E-state index is 0.123. The van der Waals surface area contributed by atoms with Gasteiger partial charge in [-0.3, -0.25) is 14.9 Å². The van der Waals surface area contributed by atoms with Crippen molar-refractivity contribution in [3.63, 3.8) is 0 Å². The van der Waals surface area contributed by atoms with Gasteiger partial charge in [0.25, 0.3) is 5.69 Å². The standard InChI is InChI=1S/C16H16N2O7/c1-8-11(14(19)24-2)12(9-3-5-10(6-4-9)18(22)23)13-15(20)25-7-16(13,21)17-8/h3-6,12-13,17,21H,7H2,1-2H3/t12-,13-,16-/m1/s1. The number of allylic oxidation sites excluding steroid dienone is 1. The maximum atomic E-state index is 12.3. The van der Waals surface area contributed by atoms with Crippen LogP contribution in [0.3, 0.4) is 0 Å². The van der Waals surface area contributed by atoms with E-state index in [1.54, 1.807) is 6.92 Å². The predicted octanol–water partition coefficient (Wildman–Crippen LogP) is 0.590. The van der Waals surface area contributed by atoms with Gasteiger partial charge in [0.15, 0.2) is 5.72 Å². The maximum Gasteiger partial charge on any atom is 0.336 e. The number of fused-ring (bicyclic) bond motifs is 1. The topological polar surface area (TPSA) is 128 Å². The van der Waals surface area contributed by atoms with Crippen molar-refractivity contribution in [3.8, 4) is 0 Å². The number of benzene rings is 1. The fourth-order valence-corrected chi connectivity index (χ4v) is 3.43. The van der Waals surface area contributed by atoms with Gasteiger partial charge in [0.1, 0.15) is 12.5 Å². The van der Waals surface area contributed by atoms with E-state index in [0.717, 1.165) is 0 Å². The van der Waals surface area contributed by atoms with E-state index in [1.807, 2.05) is 0 Å². The van der Waals surface area contributed by atoms with Crippen LogP contribution in [0.4, 0.5) is 5.69 Å². The van der Waals surface area contributed by atoms with Crippen molar-refractivity contribution in [3.05, 3.63) is 51.2 Å².